The van der Waals surface area contributed by atoms with Gasteiger partial charge in [0, 0.05) is 12.6 Å². The first-order valence-electron chi connectivity index (χ1n) is 6.37. The van der Waals surface area contributed by atoms with E-state index in [1.807, 2.05) is 14.0 Å². The van der Waals surface area contributed by atoms with Crippen molar-refractivity contribution in [3.8, 4) is 17.0 Å². The van der Waals surface area contributed by atoms with Crippen LogP contribution in [0.3, 0.4) is 0 Å². The van der Waals surface area contributed by atoms with Crippen molar-refractivity contribution < 1.29 is 4.74 Å². The molecule has 2 rings (SSSR count). The Morgan fingerprint density at radius 2 is 1.95 bits per heavy atom. The van der Waals surface area contributed by atoms with Crippen molar-refractivity contribution in [1.82, 2.24) is 9.55 Å². The summed E-state index contributed by atoms with van der Waals surface area (Å²) in [4.78, 5) is 4.53. The summed E-state index contributed by atoms with van der Waals surface area (Å²) in [5.41, 5.74) is 11.3. The smallest absolute Gasteiger partial charge is 0.128 e. The molecule has 1 aromatic heterocycles. The van der Waals surface area contributed by atoms with E-state index in [0.29, 0.717) is 6.54 Å². The average molecular weight is 259 g/mol. The number of nitrogens with zero attached hydrogens (tertiary/aromatic N) is 2. The largest absolute Gasteiger partial charge is 0.496 e. The molecule has 0 aliphatic rings. The Labute approximate surface area is 114 Å². The number of aromatic nitrogens is 2. The minimum absolute atomic E-state index is 0.435. The first kappa shape index (κ1) is 13.6. The van der Waals surface area contributed by atoms with Gasteiger partial charge < -0.3 is 15.0 Å². The molecule has 2 aromatic rings. The second kappa shape index (κ2) is 5.05. The van der Waals surface area contributed by atoms with Gasteiger partial charge in [-0.3, -0.25) is 0 Å². The molecule has 1 aromatic carbocycles. The number of rotatable bonds is 3. The summed E-state index contributed by atoms with van der Waals surface area (Å²) in [6.45, 7) is 6.61. The van der Waals surface area contributed by atoms with Crippen molar-refractivity contribution in [2.24, 2.45) is 12.8 Å². The van der Waals surface area contributed by atoms with Gasteiger partial charge in [0.15, 0.2) is 0 Å². The number of imidazole rings is 1. The van der Waals surface area contributed by atoms with E-state index in [2.05, 4.69) is 35.5 Å². The van der Waals surface area contributed by atoms with Crippen LogP contribution in [0.25, 0.3) is 11.3 Å². The summed E-state index contributed by atoms with van der Waals surface area (Å²) in [5, 5.41) is 0. The zero-order valence-electron chi connectivity index (χ0n) is 12.2. The molecule has 0 aliphatic heterocycles. The SMILES string of the molecule is COc1cc(C)cc(C)c1-c1c(C)nc(CN)n1C. The van der Waals surface area contributed by atoms with E-state index in [9.17, 15) is 0 Å². The standard InChI is InChI=1S/C15H21N3O/c1-9-6-10(2)14(12(7-9)19-5)15-11(3)17-13(8-16)18(15)4/h6-7H,8,16H2,1-5H3. The van der Waals surface area contributed by atoms with Crippen LogP contribution in [0.5, 0.6) is 5.75 Å². The number of aryl methyl sites for hydroxylation is 3. The predicted molar refractivity (Wildman–Crippen MR) is 77.3 cm³/mol. The minimum atomic E-state index is 0.435. The van der Waals surface area contributed by atoms with E-state index < -0.39 is 0 Å². The second-order valence-corrected chi connectivity index (χ2v) is 4.88. The van der Waals surface area contributed by atoms with Gasteiger partial charge in [0.25, 0.3) is 0 Å². The Balaban J connectivity index is 2.75. The molecule has 0 aliphatic carbocycles. The Morgan fingerprint density at radius 1 is 1.26 bits per heavy atom. The minimum Gasteiger partial charge on any atom is -0.496 e. The predicted octanol–water partition coefficient (Wildman–Crippen LogP) is 2.48. The highest BCUT2D eigenvalue weighted by Gasteiger charge is 2.18. The van der Waals surface area contributed by atoms with Crippen LogP contribution in [-0.4, -0.2) is 16.7 Å². The molecule has 0 amide bonds. The quantitative estimate of drug-likeness (QED) is 0.921. The molecule has 0 spiro atoms. The lowest BCUT2D eigenvalue weighted by molar-refractivity contribution is 0.415. The lowest BCUT2D eigenvalue weighted by Gasteiger charge is -2.15. The maximum Gasteiger partial charge on any atom is 0.128 e. The van der Waals surface area contributed by atoms with Gasteiger partial charge in [-0.2, -0.15) is 0 Å². The van der Waals surface area contributed by atoms with Crippen LogP contribution in [0.2, 0.25) is 0 Å². The van der Waals surface area contributed by atoms with Gasteiger partial charge in [-0.25, -0.2) is 4.98 Å². The molecule has 4 nitrogen and oxygen atoms in total. The van der Waals surface area contributed by atoms with Crippen LogP contribution in [-0.2, 0) is 13.6 Å². The highest BCUT2D eigenvalue weighted by atomic mass is 16.5. The normalized spacial score (nSPS) is 10.8. The first-order valence-corrected chi connectivity index (χ1v) is 6.37. The zero-order chi connectivity index (χ0) is 14.2. The molecular weight excluding hydrogens is 238 g/mol. The fourth-order valence-electron chi connectivity index (χ4n) is 2.62. The van der Waals surface area contributed by atoms with E-state index in [4.69, 9.17) is 10.5 Å². The lowest BCUT2D eigenvalue weighted by atomic mass is 10.0. The fourth-order valence-corrected chi connectivity index (χ4v) is 2.62. The molecule has 4 heteroatoms. The van der Waals surface area contributed by atoms with Crippen molar-refractivity contribution >= 4 is 0 Å². The highest BCUT2D eigenvalue weighted by molar-refractivity contribution is 5.74. The molecule has 0 unspecified atom stereocenters. The molecule has 1 heterocycles. The monoisotopic (exact) mass is 259 g/mol. The Bertz CT molecular complexity index is 614. The van der Waals surface area contributed by atoms with Crippen LogP contribution >= 0.6 is 0 Å². The number of nitrogens with two attached hydrogens (primary N) is 1. The van der Waals surface area contributed by atoms with E-state index in [1.54, 1.807) is 7.11 Å². The molecule has 2 N–H and O–H groups in total. The van der Waals surface area contributed by atoms with Gasteiger partial charge in [-0.05, 0) is 38.0 Å². The number of methoxy groups -OCH3 is 1. The first-order chi connectivity index (χ1) is 8.99. The summed E-state index contributed by atoms with van der Waals surface area (Å²) < 4.78 is 7.59. The van der Waals surface area contributed by atoms with Gasteiger partial charge >= 0.3 is 0 Å². The van der Waals surface area contributed by atoms with Crippen LogP contribution in [0.15, 0.2) is 12.1 Å². The van der Waals surface area contributed by atoms with E-state index >= 15 is 0 Å². The summed E-state index contributed by atoms with van der Waals surface area (Å²) in [5.74, 6) is 1.77. The summed E-state index contributed by atoms with van der Waals surface area (Å²) >= 11 is 0. The maximum atomic E-state index is 5.73. The Hall–Kier alpha value is -1.81. The lowest BCUT2D eigenvalue weighted by Crippen LogP contribution is -2.06. The van der Waals surface area contributed by atoms with Crippen LogP contribution < -0.4 is 10.5 Å². The average Bonchev–Trinajstić information content (AvgIpc) is 2.64. The molecule has 19 heavy (non-hydrogen) atoms. The molecule has 0 saturated heterocycles. The number of hydrogen-bond acceptors (Lipinski definition) is 3. The van der Waals surface area contributed by atoms with Gasteiger partial charge in [0.05, 0.1) is 25.0 Å². The highest BCUT2D eigenvalue weighted by Crippen LogP contribution is 2.36. The van der Waals surface area contributed by atoms with Gasteiger partial charge in [0.2, 0.25) is 0 Å². The summed E-state index contributed by atoms with van der Waals surface area (Å²) in [6.07, 6.45) is 0. The fraction of sp³-hybridized carbons (Fsp3) is 0.400. The van der Waals surface area contributed by atoms with Gasteiger partial charge in [-0.15, -0.1) is 0 Å². The van der Waals surface area contributed by atoms with E-state index in [1.165, 1.54) is 11.1 Å². The third-order valence-electron chi connectivity index (χ3n) is 3.45. The van der Waals surface area contributed by atoms with Crippen molar-refractivity contribution in [1.29, 1.82) is 0 Å². The van der Waals surface area contributed by atoms with Crippen molar-refractivity contribution in [2.45, 2.75) is 27.3 Å². The Kier molecular flexibility index (Phi) is 3.62. The number of hydrogen-bond donors (Lipinski definition) is 1. The maximum absolute atomic E-state index is 5.73. The number of benzene rings is 1. The van der Waals surface area contributed by atoms with Gasteiger partial charge in [0.1, 0.15) is 11.6 Å². The van der Waals surface area contributed by atoms with E-state index in [-0.39, 0.29) is 0 Å². The molecule has 0 atom stereocenters. The Morgan fingerprint density at radius 3 is 2.47 bits per heavy atom. The van der Waals surface area contributed by atoms with Crippen LogP contribution in [0.1, 0.15) is 22.6 Å². The zero-order valence-corrected chi connectivity index (χ0v) is 12.2. The topological polar surface area (TPSA) is 53.1 Å². The van der Waals surface area contributed by atoms with Gasteiger partial charge in [-0.1, -0.05) is 6.07 Å². The molecule has 0 bridgehead atoms. The molecule has 0 fully saturated rings. The molecule has 102 valence electrons. The van der Waals surface area contributed by atoms with Crippen molar-refractivity contribution in [3.63, 3.8) is 0 Å². The summed E-state index contributed by atoms with van der Waals surface area (Å²) in [6, 6.07) is 4.21. The molecular formula is C15H21N3O. The van der Waals surface area contributed by atoms with Crippen LogP contribution in [0.4, 0.5) is 0 Å². The molecule has 0 saturated carbocycles. The molecule has 0 radical (unpaired) electrons. The summed E-state index contributed by atoms with van der Waals surface area (Å²) in [7, 11) is 3.70. The third kappa shape index (κ3) is 2.24. The van der Waals surface area contributed by atoms with Crippen molar-refractivity contribution in [2.75, 3.05) is 7.11 Å². The van der Waals surface area contributed by atoms with Crippen LogP contribution in [0, 0.1) is 20.8 Å². The van der Waals surface area contributed by atoms with Crippen molar-refractivity contribution in [3.05, 3.63) is 34.8 Å². The van der Waals surface area contributed by atoms with E-state index in [0.717, 1.165) is 28.5 Å². The second-order valence-electron chi connectivity index (χ2n) is 4.88. The third-order valence-corrected chi connectivity index (χ3v) is 3.45. The number of ether oxygens (including phenoxy) is 1.